The standard InChI is InChI=1S/C28H34FN3O.C28H37N5O.C26H27N3.C24H27FN6/c29-24-10-11-26-23(18-24)20-27(30-26)22-7-5-8-25(19-22)31-16-12-21(13-17-31)6-4-9-28(33)32-14-2-1-3-15-32;1-21(2)33-17-16-32(28(34)20-33)15-12-29-24-10-13-31(14-11-24)25-8-5-7-22(18-25)27-19-23-6-3-4-9-26(23)30-27;1-2-5-22-17-24(16-21(22)4-1)23-6-3-7-26(18-23)29-14-10-25(11-15-29)28-19-20-8-12-27-13-9-20;1-30-24(27-16-28-30)7-10-26-20-8-11-31(12-9-20)21-4-2-3-17(14-21)23-15-18-13-19(25)5-6-22(18)29-23/h5,7-8,10-11,18-21,30H,1-4,6,9,12-17H2;3-9,18-19,21,24,29-30H,10-17,20H2,1-2H3;1-9,12-13,16,18,25,28H,10-11,14-15,17,19H2;2-6,13-16,20,26,29H,7-12H2,1H3. The van der Waals surface area contributed by atoms with Crippen LogP contribution in [0, 0.1) is 17.6 Å². The quantitative estimate of drug-likeness (QED) is 0.0336. The van der Waals surface area contributed by atoms with E-state index in [1.807, 2.05) is 41.2 Å². The molecule has 19 nitrogen and oxygen atoms in total. The molecule has 5 aromatic heterocycles. The second-order valence-corrected chi connectivity index (χ2v) is 36.0. The van der Waals surface area contributed by atoms with Crippen molar-refractivity contribution in [2.45, 2.75) is 147 Å². The van der Waals surface area contributed by atoms with Gasteiger partial charge in [0.1, 0.15) is 23.8 Å². The second kappa shape index (κ2) is 42.2. The van der Waals surface area contributed by atoms with Gasteiger partial charge in [-0.05, 0) is 276 Å². The predicted octanol–water partition coefficient (Wildman–Crippen LogP) is 19.2. The van der Waals surface area contributed by atoms with E-state index >= 15 is 0 Å². The van der Waals surface area contributed by atoms with Gasteiger partial charge in [-0.3, -0.25) is 24.2 Å². The highest BCUT2D eigenvalue weighted by molar-refractivity contribution is 5.91. The third-order valence-corrected chi connectivity index (χ3v) is 27.2. The molecule has 8 aromatic carbocycles. The van der Waals surface area contributed by atoms with Crippen LogP contribution in [-0.2, 0) is 36.0 Å². The molecule has 0 atom stereocenters. The number of aromatic amines is 3. The Labute approximate surface area is 747 Å². The van der Waals surface area contributed by atoms with Gasteiger partial charge in [-0.25, -0.2) is 13.8 Å². The number of amides is 2. The fourth-order valence-corrected chi connectivity index (χ4v) is 19.6. The maximum Gasteiger partial charge on any atom is 0.236 e. The molecule has 20 rings (SSSR count). The maximum absolute atomic E-state index is 13.5. The summed E-state index contributed by atoms with van der Waals surface area (Å²) in [5, 5.41) is 18.3. The number of piperazine rings is 1. The smallest absolute Gasteiger partial charge is 0.236 e. The third kappa shape index (κ3) is 23.0. The van der Waals surface area contributed by atoms with Crippen molar-refractivity contribution >= 4 is 78.9 Å². The van der Waals surface area contributed by atoms with Crippen LogP contribution in [0.5, 0.6) is 0 Å². The first-order valence-corrected chi connectivity index (χ1v) is 46.8. The van der Waals surface area contributed by atoms with Crippen molar-refractivity contribution in [1.82, 2.24) is 65.4 Å². The Balaban J connectivity index is 0.000000119. The number of allylic oxidation sites excluding steroid dienone is 1. The Kier molecular flexibility index (Phi) is 29.0. The highest BCUT2D eigenvalue weighted by atomic mass is 19.1. The van der Waals surface area contributed by atoms with Gasteiger partial charge < -0.3 is 60.3 Å². The summed E-state index contributed by atoms with van der Waals surface area (Å²) in [4.78, 5) is 59.9. The molecular weight excluding hydrogens is 1580 g/mol. The van der Waals surface area contributed by atoms with Gasteiger partial charge in [0, 0.05) is 234 Å². The Hall–Kier alpha value is -11.8. The number of carbonyl (C=O) groups excluding carboxylic acids is 2. The number of hydrogen-bond acceptors (Lipinski definition) is 13. The van der Waals surface area contributed by atoms with Crippen LogP contribution in [0.2, 0.25) is 0 Å². The molecular formula is C106H125F2N17O2. The van der Waals surface area contributed by atoms with Crippen molar-refractivity contribution in [2.24, 2.45) is 13.0 Å². The SMILES string of the molecule is C1=C(c2cccc(N3CCC(NCc4ccncc4)CC3)c2)Cc2ccccc21.CC(C)N1CCN(CCNC2CCN(c3cccc(-c4cc5ccccc5[nH]4)c3)CC2)C(=O)C1.Cn1ncnc1CCNC1CCN(c2cccc(-c3cc4cc(F)ccc4[nH]3)c2)CC1.O=C(CCCC1CCN(c2cccc(-c3cc4cc(F)ccc4[nH]3)c2)CC1)N1CCCCC1. The van der Waals surface area contributed by atoms with Crippen LogP contribution in [0.4, 0.5) is 31.5 Å². The van der Waals surface area contributed by atoms with Crippen LogP contribution in [0.1, 0.15) is 132 Å². The van der Waals surface area contributed by atoms with Crippen molar-refractivity contribution in [3.63, 3.8) is 0 Å². The monoisotopic (exact) mass is 1710 g/mol. The molecule has 6 saturated heterocycles. The van der Waals surface area contributed by atoms with E-state index in [-0.39, 0.29) is 17.5 Å². The summed E-state index contributed by atoms with van der Waals surface area (Å²) in [7, 11) is 1.93. The van der Waals surface area contributed by atoms with Crippen LogP contribution in [0.3, 0.4) is 0 Å². The molecule has 13 aromatic rings. The lowest BCUT2D eigenvalue weighted by Crippen LogP contribution is -2.54. The van der Waals surface area contributed by atoms with Gasteiger partial charge in [-0.2, -0.15) is 5.10 Å². The minimum Gasteiger partial charge on any atom is -0.371 e. The summed E-state index contributed by atoms with van der Waals surface area (Å²) in [5.41, 5.74) is 21.8. The molecule has 7 aliphatic rings. The first-order valence-electron chi connectivity index (χ1n) is 46.8. The number of para-hydroxylation sites is 1. The van der Waals surface area contributed by atoms with E-state index in [0.717, 1.165) is 212 Å². The number of aromatic nitrogens is 7. The Morgan fingerprint density at radius 2 is 1.00 bits per heavy atom. The Bertz CT molecular complexity index is 5760. The van der Waals surface area contributed by atoms with E-state index in [2.05, 4.69) is 259 Å². The van der Waals surface area contributed by atoms with Gasteiger partial charge in [-0.15, -0.1) is 0 Å². The van der Waals surface area contributed by atoms with Gasteiger partial charge in [0.2, 0.25) is 11.8 Å². The summed E-state index contributed by atoms with van der Waals surface area (Å²) in [6.45, 7) is 20.7. The van der Waals surface area contributed by atoms with Gasteiger partial charge in [0.05, 0.1) is 6.54 Å². The number of carbonyl (C=O) groups is 2. The number of pyridine rings is 1. The van der Waals surface area contributed by atoms with Crippen molar-refractivity contribution in [2.75, 3.05) is 124 Å². The molecule has 6 aliphatic heterocycles. The topological polar surface area (TPSA) is 184 Å². The highest BCUT2D eigenvalue weighted by Gasteiger charge is 2.29. The van der Waals surface area contributed by atoms with Crippen molar-refractivity contribution in [1.29, 1.82) is 0 Å². The lowest BCUT2D eigenvalue weighted by atomic mass is 9.91. The average molecular weight is 1710 g/mol. The molecule has 127 heavy (non-hydrogen) atoms. The number of nitrogens with one attached hydrogen (secondary N) is 6. The number of rotatable bonds is 24. The van der Waals surface area contributed by atoms with Crippen LogP contribution < -0.4 is 35.6 Å². The number of nitrogens with zero attached hydrogens (tertiary/aromatic N) is 11. The van der Waals surface area contributed by atoms with Crippen LogP contribution >= 0.6 is 0 Å². The molecule has 21 heteroatoms. The largest absolute Gasteiger partial charge is 0.371 e. The molecule has 6 fully saturated rings. The fourth-order valence-electron chi connectivity index (χ4n) is 19.6. The molecule has 2 amide bonds. The number of likely N-dealkylation sites (tertiary alicyclic amines) is 1. The van der Waals surface area contributed by atoms with Crippen LogP contribution in [-0.4, -0.2) is 190 Å². The van der Waals surface area contributed by atoms with Gasteiger partial charge in [0.15, 0.2) is 0 Å². The maximum atomic E-state index is 13.5. The van der Waals surface area contributed by atoms with Gasteiger partial charge in [-0.1, -0.05) is 97.1 Å². The number of hydrogen-bond donors (Lipinski definition) is 6. The zero-order valence-electron chi connectivity index (χ0n) is 74.2. The minimum atomic E-state index is -0.208. The van der Waals surface area contributed by atoms with Gasteiger partial charge in [0.25, 0.3) is 0 Å². The summed E-state index contributed by atoms with van der Waals surface area (Å²) in [6, 6.07) is 74.6. The minimum absolute atomic E-state index is 0.208. The highest BCUT2D eigenvalue weighted by Crippen LogP contribution is 2.37. The fraction of sp³-hybridized carbons (Fsp3) is 0.387. The number of anilines is 4. The number of H-pyrrole nitrogens is 3. The molecule has 660 valence electrons. The Morgan fingerprint density at radius 1 is 0.496 bits per heavy atom. The number of piperidine rings is 5. The summed E-state index contributed by atoms with van der Waals surface area (Å²) in [5.74, 6) is 1.96. The van der Waals surface area contributed by atoms with E-state index in [0.29, 0.717) is 36.6 Å². The first-order chi connectivity index (χ1) is 62.2. The molecule has 11 heterocycles. The van der Waals surface area contributed by atoms with Crippen LogP contribution in [0.25, 0.3) is 78.1 Å². The number of aryl methyl sites for hydroxylation is 1. The number of fused-ring (bicyclic) bond motifs is 4. The molecule has 0 saturated carbocycles. The Morgan fingerprint density at radius 3 is 1.54 bits per heavy atom. The average Bonchev–Trinajstić information content (AvgIpc) is 1.64. The number of halogens is 2. The summed E-state index contributed by atoms with van der Waals surface area (Å²) in [6.07, 6.45) is 25.4. The predicted molar refractivity (Wildman–Crippen MR) is 516 cm³/mol. The third-order valence-electron chi connectivity index (χ3n) is 27.2. The summed E-state index contributed by atoms with van der Waals surface area (Å²) < 4.78 is 28.9. The second-order valence-electron chi connectivity index (χ2n) is 36.0. The van der Waals surface area contributed by atoms with Crippen molar-refractivity contribution < 1.29 is 18.4 Å². The molecule has 1 aliphatic carbocycles. The molecule has 0 unspecified atom stereocenters. The van der Waals surface area contributed by atoms with E-state index in [9.17, 15) is 18.4 Å². The van der Waals surface area contributed by atoms with E-state index in [4.69, 9.17) is 0 Å². The lowest BCUT2D eigenvalue weighted by molar-refractivity contribution is -0.136. The zero-order chi connectivity index (χ0) is 86.8. The van der Waals surface area contributed by atoms with E-state index < -0.39 is 0 Å². The molecule has 0 radical (unpaired) electrons. The molecule has 0 spiro atoms. The molecule has 6 N–H and O–H groups in total. The van der Waals surface area contributed by atoms with Gasteiger partial charge >= 0.3 is 0 Å². The van der Waals surface area contributed by atoms with E-state index in [1.54, 1.807) is 30.6 Å². The van der Waals surface area contributed by atoms with Crippen LogP contribution in [0.15, 0.2) is 231 Å². The first kappa shape index (κ1) is 87.3. The number of benzene rings is 8. The summed E-state index contributed by atoms with van der Waals surface area (Å²) >= 11 is 0. The van der Waals surface area contributed by atoms with Crippen molar-refractivity contribution in [3.8, 4) is 33.8 Å². The lowest BCUT2D eigenvalue weighted by Gasteiger charge is -2.37. The zero-order valence-corrected chi connectivity index (χ0v) is 74.2. The molecule has 0 bridgehead atoms. The normalized spacial score (nSPS) is 17.0. The van der Waals surface area contributed by atoms with E-state index in [1.165, 1.54) is 136 Å². The van der Waals surface area contributed by atoms with Crippen molar-refractivity contribution in [3.05, 3.63) is 271 Å².